The molecule has 1 aromatic rings. The highest BCUT2D eigenvalue weighted by Gasteiger charge is 2.12. The van der Waals surface area contributed by atoms with Gasteiger partial charge in [-0.3, -0.25) is 10.1 Å². The lowest BCUT2D eigenvalue weighted by molar-refractivity contribution is -0.385. The Balaban J connectivity index is 3.10. The fourth-order valence-electron chi connectivity index (χ4n) is 1.05. The lowest BCUT2D eigenvalue weighted by Crippen LogP contribution is -1.97. The SMILES string of the molecule is O=[N+]([O-])c1ccc(Cl)cc1CCO. The van der Waals surface area contributed by atoms with Crippen LogP contribution < -0.4 is 0 Å². The van der Waals surface area contributed by atoms with Gasteiger partial charge in [0.15, 0.2) is 0 Å². The van der Waals surface area contributed by atoms with Gasteiger partial charge in [-0.25, -0.2) is 0 Å². The van der Waals surface area contributed by atoms with Crippen LogP contribution in [0, 0.1) is 10.1 Å². The van der Waals surface area contributed by atoms with Crippen molar-refractivity contribution in [1.82, 2.24) is 0 Å². The fraction of sp³-hybridized carbons (Fsp3) is 0.250. The van der Waals surface area contributed by atoms with Gasteiger partial charge in [0.2, 0.25) is 0 Å². The van der Waals surface area contributed by atoms with Crippen LogP contribution in [0.15, 0.2) is 18.2 Å². The first-order chi connectivity index (χ1) is 6.15. The second-order valence-electron chi connectivity index (χ2n) is 2.50. The molecule has 70 valence electrons. The second kappa shape index (κ2) is 4.20. The minimum absolute atomic E-state index is 0.00144. The van der Waals surface area contributed by atoms with Crippen LogP contribution in [0.5, 0.6) is 0 Å². The van der Waals surface area contributed by atoms with E-state index in [0.717, 1.165) is 0 Å². The predicted octanol–water partition coefficient (Wildman–Crippen LogP) is 1.78. The Morgan fingerprint density at radius 2 is 2.23 bits per heavy atom. The lowest BCUT2D eigenvalue weighted by atomic mass is 10.1. The number of aliphatic hydroxyl groups is 1. The van der Waals surface area contributed by atoms with Crippen LogP contribution in [-0.4, -0.2) is 16.6 Å². The van der Waals surface area contributed by atoms with E-state index in [4.69, 9.17) is 16.7 Å². The summed E-state index contributed by atoms with van der Waals surface area (Å²) in [4.78, 5) is 10.0. The highest BCUT2D eigenvalue weighted by Crippen LogP contribution is 2.22. The smallest absolute Gasteiger partial charge is 0.272 e. The minimum Gasteiger partial charge on any atom is -0.396 e. The fourth-order valence-corrected chi connectivity index (χ4v) is 1.25. The Morgan fingerprint density at radius 1 is 1.54 bits per heavy atom. The number of rotatable bonds is 3. The highest BCUT2D eigenvalue weighted by molar-refractivity contribution is 6.30. The van der Waals surface area contributed by atoms with Crippen molar-refractivity contribution in [2.75, 3.05) is 6.61 Å². The Labute approximate surface area is 79.9 Å². The third kappa shape index (κ3) is 2.40. The van der Waals surface area contributed by atoms with E-state index in [2.05, 4.69) is 0 Å². The van der Waals surface area contributed by atoms with Gasteiger partial charge in [-0.15, -0.1) is 0 Å². The molecule has 0 radical (unpaired) electrons. The molecular weight excluding hydrogens is 194 g/mol. The van der Waals surface area contributed by atoms with E-state index in [1.807, 2.05) is 0 Å². The van der Waals surface area contributed by atoms with Gasteiger partial charge in [-0.1, -0.05) is 11.6 Å². The molecule has 0 aliphatic rings. The summed E-state index contributed by atoms with van der Waals surface area (Å²) < 4.78 is 0. The molecule has 0 saturated heterocycles. The monoisotopic (exact) mass is 201 g/mol. The molecule has 1 rings (SSSR count). The van der Waals surface area contributed by atoms with Gasteiger partial charge < -0.3 is 5.11 Å². The largest absolute Gasteiger partial charge is 0.396 e. The van der Waals surface area contributed by atoms with Crippen molar-refractivity contribution in [1.29, 1.82) is 0 Å². The molecule has 0 fully saturated rings. The first-order valence-electron chi connectivity index (χ1n) is 3.69. The molecule has 0 atom stereocenters. The molecule has 13 heavy (non-hydrogen) atoms. The zero-order valence-corrected chi connectivity index (χ0v) is 7.49. The van der Waals surface area contributed by atoms with Gasteiger partial charge in [-0.05, 0) is 12.1 Å². The average molecular weight is 202 g/mol. The van der Waals surface area contributed by atoms with Crippen molar-refractivity contribution in [3.63, 3.8) is 0 Å². The summed E-state index contributed by atoms with van der Waals surface area (Å²) in [5, 5.41) is 19.6. The number of aliphatic hydroxyl groups excluding tert-OH is 1. The molecule has 0 aliphatic carbocycles. The first-order valence-corrected chi connectivity index (χ1v) is 4.06. The van der Waals surface area contributed by atoms with Crippen molar-refractivity contribution in [3.05, 3.63) is 38.9 Å². The zero-order chi connectivity index (χ0) is 9.84. The molecule has 0 bridgehead atoms. The normalized spacial score (nSPS) is 10.0. The molecule has 0 amide bonds. The van der Waals surface area contributed by atoms with Gasteiger partial charge >= 0.3 is 0 Å². The van der Waals surface area contributed by atoms with Crippen LogP contribution in [0.1, 0.15) is 5.56 Å². The van der Waals surface area contributed by atoms with Crippen LogP contribution in [0.25, 0.3) is 0 Å². The number of hydrogen-bond donors (Lipinski definition) is 1. The van der Waals surface area contributed by atoms with Gasteiger partial charge in [-0.2, -0.15) is 0 Å². The summed E-state index contributed by atoms with van der Waals surface area (Å²) in [6.07, 6.45) is 0.247. The van der Waals surface area contributed by atoms with Crippen LogP contribution in [0.4, 0.5) is 5.69 Å². The van der Waals surface area contributed by atoms with Crippen molar-refractivity contribution in [3.8, 4) is 0 Å². The molecule has 1 aromatic carbocycles. The lowest BCUT2D eigenvalue weighted by Gasteiger charge is -2.00. The summed E-state index contributed by atoms with van der Waals surface area (Å²) in [5.41, 5.74) is 0.457. The van der Waals surface area contributed by atoms with Crippen LogP contribution in [-0.2, 0) is 6.42 Å². The van der Waals surface area contributed by atoms with E-state index in [1.165, 1.54) is 18.2 Å². The van der Waals surface area contributed by atoms with E-state index >= 15 is 0 Å². The Bertz CT molecular complexity index is 327. The van der Waals surface area contributed by atoms with E-state index in [1.54, 1.807) is 0 Å². The maximum Gasteiger partial charge on any atom is 0.272 e. The molecule has 0 spiro atoms. The topological polar surface area (TPSA) is 63.4 Å². The van der Waals surface area contributed by atoms with E-state index in [9.17, 15) is 10.1 Å². The van der Waals surface area contributed by atoms with Crippen molar-refractivity contribution >= 4 is 17.3 Å². The number of nitro groups is 1. The Morgan fingerprint density at radius 3 is 2.77 bits per heavy atom. The van der Waals surface area contributed by atoms with E-state index in [0.29, 0.717) is 10.6 Å². The predicted molar refractivity (Wildman–Crippen MR) is 48.9 cm³/mol. The molecule has 4 nitrogen and oxygen atoms in total. The van der Waals surface area contributed by atoms with Gasteiger partial charge in [0.05, 0.1) is 4.92 Å². The van der Waals surface area contributed by atoms with Gasteiger partial charge in [0.1, 0.15) is 0 Å². The van der Waals surface area contributed by atoms with Crippen molar-refractivity contribution < 1.29 is 10.0 Å². The van der Waals surface area contributed by atoms with Crippen LogP contribution in [0.3, 0.4) is 0 Å². The maximum absolute atomic E-state index is 10.5. The highest BCUT2D eigenvalue weighted by atomic mass is 35.5. The van der Waals surface area contributed by atoms with Crippen molar-refractivity contribution in [2.45, 2.75) is 6.42 Å². The molecule has 0 unspecified atom stereocenters. The molecule has 0 heterocycles. The van der Waals surface area contributed by atoms with E-state index in [-0.39, 0.29) is 18.7 Å². The maximum atomic E-state index is 10.5. The summed E-state index contributed by atoms with van der Waals surface area (Å²) in [7, 11) is 0. The molecule has 0 aromatic heterocycles. The summed E-state index contributed by atoms with van der Waals surface area (Å²) in [6.45, 7) is -0.124. The molecule has 5 heteroatoms. The van der Waals surface area contributed by atoms with Crippen LogP contribution in [0.2, 0.25) is 5.02 Å². The summed E-state index contributed by atoms with van der Waals surface area (Å²) in [5.74, 6) is 0. The molecular formula is C8H8ClNO3. The standard InChI is InChI=1S/C8H8ClNO3/c9-7-1-2-8(10(12)13)6(5-7)3-4-11/h1-2,5,11H,3-4H2. The number of hydrogen-bond acceptors (Lipinski definition) is 3. The third-order valence-electron chi connectivity index (χ3n) is 1.62. The molecule has 1 N–H and O–H groups in total. The van der Waals surface area contributed by atoms with Gasteiger partial charge in [0, 0.05) is 29.7 Å². The quantitative estimate of drug-likeness (QED) is 0.599. The number of nitro benzene ring substituents is 1. The number of benzene rings is 1. The summed E-state index contributed by atoms with van der Waals surface area (Å²) >= 11 is 5.65. The average Bonchev–Trinajstić information content (AvgIpc) is 2.04. The molecule has 0 aliphatic heterocycles. The first kappa shape index (κ1) is 9.95. The number of halogens is 1. The third-order valence-corrected chi connectivity index (χ3v) is 1.85. The molecule has 0 saturated carbocycles. The number of nitrogens with zero attached hydrogens (tertiary/aromatic N) is 1. The van der Waals surface area contributed by atoms with E-state index < -0.39 is 4.92 Å². The van der Waals surface area contributed by atoms with Gasteiger partial charge in [0.25, 0.3) is 5.69 Å². The van der Waals surface area contributed by atoms with Crippen LogP contribution >= 0.6 is 11.6 Å². The summed E-state index contributed by atoms with van der Waals surface area (Å²) in [6, 6.07) is 4.30. The van der Waals surface area contributed by atoms with Crippen molar-refractivity contribution in [2.24, 2.45) is 0 Å². The minimum atomic E-state index is -0.485. The zero-order valence-electron chi connectivity index (χ0n) is 6.74. The Kier molecular flexibility index (Phi) is 3.22. The second-order valence-corrected chi connectivity index (χ2v) is 2.94. The Hall–Kier alpha value is -1.13.